The minimum atomic E-state index is 0.0520. The number of hydrogen-bond donors (Lipinski definition) is 2. The molecule has 1 aliphatic carbocycles. The zero-order chi connectivity index (χ0) is 15.4. The van der Waals surface area contributed by atoms with Gasteiger partial charge in [-0.15, -0.1) is 0 Å². The average Bonchev–Trinajstić information content (AvgIpc) is 3.07. The normalized spacial score (nSPS) is 21.5. The molecule has 1 saturated carbocycles. The van der Waals surface area contributed by atoms with Gasteiger partial charge in [0, 0.05) is 37.1 Å². The van der Waals surface area contributed by atoms with Crippen LogP contribution in [0.1, 0.15) is 31.2 Å². The van der Waals surface area contributed by atoms with Crippen LogP contribution in [0.15, 0.2) is 36.8 Å². The third-order valence-corrected chi connectivity index (χ3v) is 4.10. The van der Waals surface area contributed by atoms with Gasteiger partial charge >= 0.3 is 0 Å². The minimum absolute atomic E-state index is 0.0520. The van der Waals surface area contributed by atoms with Gasteiger partial charge in [0.2, 0.25) is 5.91 Å². The third-order valence-electron chi connectivity index (χ3n) is 4.10. The van der Waals surface area contributed by atoms with Crippen molar-refractivity contribution in [3.63, 3.8) is 0 Å². The Morgan fingerprint density at radius 2 is 2.32 bits per heavy atom. The first kappa shape index (κ1) is 14.7. The average molecular weight is 299 g/mol. The summed E-state index contributed by atoms with van der Waals surface area (Å²) in [6.07, 6.45) is 9.08. The zero-order valence-electron chi connectivity index (χ0n) is 12.5. The van der Waals surface area contributed by atoms with Gasteiger partial charge in [-0.2, -0.15) is 5.10 Å². The van der Waals surface area contributed by atoms with Crippen LogP contribution < -0.4 is 11.1 Å². The molecule has 2 unspecified atom stereocenters. The molecule has 3 N–H and O–H groups in total. The van der Waals surface area contributed by atoms with Crippen LogP contribution in [0.4, 0.5) is 0 Å². The number of aromatic nitrogens is 3. The predicted molar refractivity (Wildman–Crippen MR) is 83.1 cm³/mol. The van der Waals surface area contributed by atoms with Crippen LogP contribution in [0.5, 0.6) is 0 Å². The van der Waals surface area contributed by atoms with Crippen LogP contribution in [-0.4, -0.2) is 26.7 Å². The maximum absolute atomic E-state index is 12.2. The standard InChI is InChI=1S/C16H21N5O/c17-14-4-1-3-13(10-14)16(22)19-11-12-5-7-18-15(9-12)21-8-2-6-20-21/h2,5-9,13-14H,1,3-4,10-11,17H2,(H,19,22). The van der Waals surface area contributed by atoms with Gasteiger partial charge in [0.25, 0.3) is 0 Å². The highest BCUT2D eigenvalue weighted by Gasteiger charge is 2.24. The fraction of sp³-hybridized carbons (Fsp3) is 0.438. The molecular formula is C16H21N5O. The van der Waals surface area contributed by atoms with Crippen molar-refractivity contribution in [2.24, 2.45) is 11.7 Å². The van der Waals surface area contributed by atoms with E-state index in [4.69, 9.17) is 5.73 Å². The molecule has 0 aromatic carbocycles. The summed E-state index contributed by atoms with van der Waals surface area (Å²) in [6.45, 7) is 0.501. The summed E-state index contributed by atoms with van der Waals surface area (Å²) in [7, 11) is 0. The number of pyridine rings is 1. The monoisotopic (exact) mass is 299 g/mol. The lowest BCUT2D eigenvalue weighted by atomic mass is 9.85. The second-order valence-electron chi connectivity index (χ2n) is 5.81. The maximum Gasteiger partial charge on any atom is 0.223 e. The van der Waals surface area contributed by atoms with Crippen molar-refractivity contribution in [1.29, 1.82) is 0 Å². The van der Waals surface area contributed by atoms with Crippen molar-refractivity contribution >= 4 is 5.91 Å². The van der Waals surface area contributed by atoms with Gasteiger partial charge in [0.05, 0.1) is 0 Å². The molecule has 1 aliphatic rings. The molecule has 2 aromatic heterocycles. The fourth-order valence-electron chi connectivity index (χ4n) is 2.90. The first-order chi connectivity index (χ1) is 10.7. The number of amides is 1. The van der Waals surface area contributed by atoms with Gasteiger partial charge in [0.15, 0.2) is 5.82 Å². The van der Waals surface area contributed by atoms with Crippen LogP contribution in [0.25, 0.3) is 5.82 Å². The Balaban J connectivity index is 1.59. The molecule has 2 heterocycles. The number of hydrogen-bond acceptors (Lipinski definition) is 4. The van der Waals surface area contributed by atoms with Crippen LogP contribution in [0, 0.1) is 5.92 Å². The second kappa shape index (κ2) is 6.70. The molecule has 2 atom stereocenters. The van der Waals surface area contributed by atoms with Crippen LogP contribution in [0.2, 0.25) is 0 Å². The number of nitrogens with two attached hydrogens (primary N) is 1. The Kier molecular flexibility index (Phi) is 4.48. The van der Waals surface area contributed by atoms with Crippen molar-refractivity contribution in [2.45, 2.75) is 38.3 Å². The third kappa shape index (κ3) is 3.51. The lowest BCUT2D eigenvalue weighted by Crippen LogP contribution is -2.37. The fourth-order valence-corrected chi connectivity index (χ4v) is 2.90. The van der Waals surface area contributed by atoms with Crippen molar-refractivity contribution < 1.29 is 4.79 Å². The molecule has 6 nitrogen and oxygen atoms in total. The Labute approximate surface area is 129 Å². The summed E-state index contributed by atoms with van der Waals surface area (Å²) in [5.41, 5.74) is 6.95. The van der Waals surface area contributed by atoms with Gasteiger partial charge in [-0.05, 0) is 43.0 Å². The second-order valence-corrected chi connectivity index (χ2v) is 5.81. The molecular weight excluding hydrogens is 278 g/mol. The minimum Gasteiger partial charge on any atom is -0.352 e. The molecule has 1 amide bonds. The Morgan fingerprint density at radius 1 is 1.41 bits per heavy atom. The van der Waals surface area contributed by atoms with Gasteiger partial charge in [-0.3, -0.25) is 4.79 Å². The van der Waals surface area contributed by atoms with E-state index in [-0.39, 0.29) is 17.9 Å². The van der Waals surface area contributed by atoms with E-state index in [1.54, 1.807) is 17.1 Å². The Bertz CT molecular complexity index is 625. The first-order valence-electron chi connectivity index (χ1n) is 7.70. The SMILES string of the molecule is NC1CCCC(C(=O)NCc2ccnc(-n3cccn3)c2)C1. The van der Waals surface area contributed by atoms with E-state index >= 15 is 0 Å². The van der Waals surface area contributed by atoms with Crippen LogP contribution in [-0.2, 0) is 11.3 Å². The number of nitrogens with one attached hydrogen (secondary N) is 1. The van der Waals surface area contributed by atoms with Crippen molar-refractivity contribution in [1.82, 2.24) is 20.1 Å². The largest absolute Gasteiger partial charge is 0.352 e. The first-order valence-corrected chi connectivity index (χ1v) is 7.70. The maximum atomic E-state index is 12.2. The summed E-state index contributed by atoms with van der Waals surface area (Å²) in [5, 5.41) is 7.17. The van der Waals surface area contributed by atoms with E-state index < -0.39 is 0 Å². The smallest absolute Gasteiger partial charge is 0.223 e. The van der Waals surface area contributed by atoms with Gasteiger partial charge in [-0.1, -0.05) is 6.42 Å². The summed E-state index contributed by atoms with van der Waals surface area (Å²) < 4.78 is 1.70. The number of carbonyl (C=O) groups excluding carboxylic acids is 1. The molecule has 0 spiro atoms. The van der Waals surface area contributed by atoms with Crippen molar-refractivity contribution in [3.05, 3.63) is 42.4 Å². The summed E-state index contributed by atoms with van der Waals surface area (Å²) >= 11 is 0. The van der Waals surface area contributed by atoms with Crippen LogP contribution in [0.3, 0.4) is 0 Å². The molecule has 0 radical (unpaired) electrons. The molecule has 2 aromatic rings. The molecule has 116 valence electrons. The molecule has 22 heavy (non-hydrogen) atoms. The lowest BCUT2D eigenvalue weighted by Gasteiger charge is -2.25. The van der Waals surface area contributed by atoms with Crippen molar-refractivity contribution in [3.8, 4) is 5.82 Å². The molecule has 6 heteroatoms. The number of nitrogens with zero attached hydrogens (tertiary/aromatic N) is 3. The summed E-state index contributed by atoms with van der Waals surface area (Å²) in [4.78, 5) is 16.5. The molecule has 0 bridgehead atoms. The Morgan fingerprint density at radius 3 is 3.09 bits per heavy atom. The highest BCUT2D eigenvalue weighted by Crippen LogP contribution is 2.23. The molecule has 3 rings (SSSR count). The summed E-state index contributed by atoms with van der Waals surface area (Å²) in [6, 6.07) is 5.85. The van der Waals surface area contributed by atoms with E-state index in [1.165, 1.54) is 0 Å². The number of carbonyl (C=O) groups is 1. The lowest BCUT2D eigenvalue weighted by molar-refractivity contribution is -0.126. The summed E-state index contributed by atoms with van der Waals surface area (Å²) in [5.74, 6) is 0.903. The highest BCUT2D eigenvalue weighted by atomic mass is 16.1. The van der Waals surface area contributed by atoms with Gasteiger partial charge < -0.3 is 11.1 Å². The topological polar surface area (TPSA) is 85.8 Å². The van der Waals surface area contributed by atoms with Gasteiger partial charge in [-0.25, -0.2) is 9.67 Å². The zero-order valence-corrected chi connectivity index (χ0v) is 12.5. The molecule has 0 saturated heterocycles. The van der Waals surface area contributed by atoms with Gasteiger partial charge in [0.1, 0.15) is 0 Å². The quantitative estimate of drug-likeness (QED) is 0.893. The van der Waals surface area contributed by atoms with E-state index in [0.717, 1.165) is 37.1 Å². The van der Waals surface area contributed by atoms with E-state index in [9.17, 15) is 4.79 Å². The predicted octanol–water partition coefficient (Wildman–Crippen LogP) is 1.40. The number of rotatable bonds is 4. The highest BCUT2D eigenvalue weighted by molar-refractivity contribution is 5.78. The molecule has 0 aliphatic heterocycles. The van der Waals surface area contributed by atoms with Crippen molar-refractivity contribution in [2.75, 3.05) is 0 Å². The Hall–Kier alpha value is -2.21. The molecule has 1 fully saturated rings. The van der Waals surface area contributed by atoms with E-state index in [1.807, 2.05) is 24.4 Å². The van der Waals surface area contributed by atoms with E-state index in [0.29, 0.717) is 6.54 Å². The van der Waals surface area contributed by atoms with E-state index in [2.05, 4.69) is 15.4 Å². The van der Waals surface area contributed by atoms with Crippen LogP contribution >= 0.6 is 0 Å².